The number of carbonyl (C=O) groups is 2. The van der Waals surface area contributed by atoms with Gasteiger partial charge in [-0.2, -0.15) is 0 Å². The number of H-pyrrole nitrogens is 1. The SMILES string of the molecule is O=C(CCCOc1ccc(Cl)cc1Cl)NNC(=O)CCc1nc2ccccc2[nH]1. The summed E-state index contributed by atoms with van der Waals surface area (Å²) in [6.45, 7) is 0.314. The smallest absolute Gasteiger partial charge is 0.238 e. The zero-order valence-electron chi connectivity index (χ0n) is 15.5. The molecule has 0 saturated carbocycles. The summed E-state index contributed by atoms with van der Waals surface area (Å²) in [5.41, 5.74) is 6.59. The summed E-state index contributed by atoms with van der Waals surface area (Å²) in [5, 5.41) is 0.941. The first-order valence-corrected chi connectivity index (χ1v) is 9.86. The fraction of sp³-hybridized carbons (Fsp3) is 0.250. The van der Waals surface area contributed by atoms with E-state index < -0.39 is 0 Å². The summed E-state index contributed by atoms with van der Waals surface area (Å²) in [6.07, 6.45) is 1.33. The minimum atomic E-state index is -0.298. The van der Waals surface area contributed by atoms with E-state index in [2.05, 4.69) is 20.8 Å². The van der Waals surface area contributed by atoms with Crippen LogP contribution in [-0.4, -0.2) is 28.4 Å². The lowest BCUT2D eigenvalue weighted by Gasteiger charge is -2.09. The highest BCUT2D eigenvalue weighted by molar-refractivity contribution is 6.35. The first-order chi connectivity index (χ1) is 14.0. The maximum Gasteiger partial charge on any atom is 0.238 e. The van der Waals surface area contributed by atoms with E-state index >= 15 is 0 Å². The van der Waals surface area contributed by atoms with Gasteiger partial charge in [0, 0.05) is 24.3 Å². The molecule has 0 spiro atoms. The van der Waals surface area contributed by atoms with Crippen molar-refractivity contribution >= 4 is 46.0 Å². The Bertz CT molecular complexity index is 973. The van der Waals surface area contributed by atoms with Crippen molar-refractivity contribution in [3.8, 4) is 5.75 Å². The third-order valence-electron chi connectivity index (χ3n) is 4.07. The first-order valence-electron chi connectivity index (χ1n) is 9.10. The van der Waals surface area contributed by atoms with E-state index in [0.29, 0.717) is 35.2 Å². The standard InChI is InChI=1S/C20H20Cl2N4O3/c21-13-7-8-17(14(22)12-13)29-11-3-6-19(27)25-26-20(28)10-9-18-23-15-4-1-2-5-16(15)24-18/h1-2,4-5,7-8,12H,3,6,9-11H2,(H,23,24)(H,25,27)(H,26,28). The van der Waals surface area contributed by atoms with E-state index in [-0.39, 0.29) is 24.7 Å². The summed E-state index contributed by atoms with van der Waals surface area (Å²) < 4.78 is 5.51. The van der Waals surface area contributed by atoms with Gasteiger partial charge in [-0.15, -0.1) is 0 Å². The molecule has 7 nitrogen and oxygen atoms in total. The molecule has 0 aliphatic carbocycles. The van der Waals surface area contributed by atoms with Crippen LogP contribution in [0, 0.1) is 0 Å². The average Bonchev–Trinajstić information content (AvgIpc) is 3.12. The number of aromatic nitrogens is 2. The molecule has 0 atom stereocenters. The third-order valence-corrected chi connectivity index (χ3v) is 4.60. The van der Waals surface area contributed by atoms with Crippen LogP contribution < -0.4 is 15.6 Å². The number of rotatable bonds is 8. The fourth-order valence-corrected chi connectivity index (χ4v) is 3.09. The number of amides is 2. The van der Waals surface area contributed by atoms with Crippen molar-refractivity contribution in [1.82, 2.24) is 20.8 Å². The molecule has 3 aromatic rings. The van der Waals surface area contributed by atoms with Gasteiger partial charge in [-0.25, -0.2) is 4.98 Å². The second-order valence-electron chi connectivity index (χ2n) is 6.32. The van der Waals surface area contributed by atoms with E-state index in [4.69, 9.17) is 27.9 Å². The molecule has 3 rings (SSSR count). The molecule has 29 heavy (non-hydrogen) atoms. The minimum Gasteiger partial charge on any atom is -0.492 e. The van der Waals surface area contributed by atoms with Gasteiger partial charge in [-0.1, -0.05) is 35.3 Å². The molecular formula is C20H20Cl2N4O3. The summed E-state index contributed by atoms with van der Waals surface area (Å²) in [6, 6.07) is 12.6. The number of benzene rings is 2. The van der Waals surface area contributed by atoms with Crippen LogP contribution in [0.15, 0.2) is 42.5 Å². The van der Waals surface area contributed by atoms with Crippen LogP contribution >= 0.6 is 23.2 Å². The van der Waals surface area contributed by atoms with E-state index in [1.54, 1.807) is 18.2 Å². The van der Waals surface area contributed by atoms with E-state index in [1.165, 1.54) is 0 Å². The number of ether oxygens (including phenoxy) is 1. The second-order valence-corrected chi connectivity index (χ2v) is 7.17. The van der Waals surface area contributed by atoms with Crippen molar-refractivity contribution in [2.45, 2.75) is 25.7 Å². The van der Waals surface area contributed by atoms with Gasteiger partial charge in [-0.05, 0) is 36.8 Å². The molecule has 1 aromatic heterocycles. The molecule has 0 aliphatic rings. The normalized spacial score (nSPS) is 10.7. The second kappa shape index (κ2) is 10.1. The monoisotopic (exact) mass is 434 g/mol. The van der Waals surface area contributed by atoms with Gasteiger partial charge in [0.05, 0.1) is 22.7 Å². The quantitative estimate of drug-likeness (QED) is 0.370. The van der Waals surface area contributed by atoms with Gasteiger partial charge < -0.3 is 9.72 Å². The third kappa shape index (κ3) is 6.37. The maximum atomic E-state index is 11.9. The van der Waals surface area contributed by atoms with Crippen LogP contribution in [0.1, 0.15) is 25.1 Å². The van der Waals surface area contributed by atoms with Gasteiger partial charge >= 0.3 is 0 Å². The molecule has 152 valence electrons. The number of imidazole rings is 1. The summed E-state index contributed by atoms with van der Waals surface area (Å²) in [4.78, 5) is 31.3. The van der Waals surface area contributed by atoms with Gasteiger partial charge in [0.2, 0.25) is 11.8 Å². The largest absolute Gasteiger partial charge is 0.492 e. The molecule has 2 amide bonds. The van der Waals surface area contributed by atoms with Crippen LogP contribution in [0.3, 0.4) is 0 Å². The van der Waals surface area contributed by atoms with Crippen LogP contribution in [0.25, 0.3) is 11.0 Å². The Balaban J connectivity index is 1.31. The van der Waals surface area contributed by atoms with E-state index in [1.807, 2.05) is 24.3 Å². The van der Waals surface area contributed by atoms with Crippen molar-refractivity contribution in [3.05, 3.63) is 58.3 Å². The van der Waals surface area contributed by atoms with Crippen molar-refractivity contribution in [1.29, 1.82) is 0 Å². The fourth-order valence-electron chi connectivity index (χ4n) is 2.63. The van der Waals surface area contributed by atoms with Crippen LogP contribution in [0.5, 0.6) is 5.75 Å². The molecule has 0 radical (unpaired) electrons. The van der Waals surface area contributed by atoms with Crippen LogP contribution in [0.2, 0.25) is 10.0 Å². The molecule has 9 heteroatoms. The number of fused-ring (bicyclic) bond motifs is 1. The molecule has 0 saturated heterocycles. The Morgan fingerprint density at radius 1 is 1.03 bits per heavy atom. The zero-order chi connectivity index (χ0) is 20.6. The van der Waals surface area contributed by atoms with Crippen molar-refractivity contribution in [2.75, 3.05) is 6.61 Å². The Kier molecular flexibility index (Phi) is 7.32. The Labute approximate surface area is 177 Å². The summed E-state index contributed by atoms with van der Waals surface area (Å²) >= 11 is 11.8. The molecule has 0 fully saturated rings. The number of hydrogen-bond donors (Lipinski definition) is 3. The molecule has 0 bridgehead atoms. The Morgan fingerprint density at radius 2 is 1.79 bits per heavy atom. The lowest BCUT2D eigenvalue weighted by atomic mass is 10.3. The number of carbonyl (C=O) groups excluding carboxylic acids is 2. The molecule has 1 heterocycles. The number of aryl methyl sites for hydroxylation is 1. The number of hydrogen-bond acceptors (Lipinski definition) is 4. The number of hydrazine groups is 1. The average molecular weight is 435 g/mol. The van der Waals surface area contributed by atoms with Gasteiger partial charge in [0.1, 0.15) is 11.6 Å². The zero-order valence-corrected chi connectivity index (χ0v) is 17.0. The molecular weight excluding hydrogens is 415 g/mol. The minimum absolute atomic E-state index is 0.203. The maximum absolute atomic E-state index is 11.9. The van der Waals surface area contributed by atoms with Crippen molar-refractivity contribution in [3.63, 3.8) is 0 Å². The van der Waals surface area contributed by atoms with Crippen LogP contribution in [-0.2, 0) is 16.0 Å². The first kappa shape index (κ1) is 21.0. The topological polar surface area (TPSA) is 96.1 Å². The predicted molar refractivity (Wildman–Crippen MR) is 112 cm³/mol. The van der Waals surface area contributed by atoms with Gasteiger partial charge in [-0.3, -0.25) is 20.4 Å². The van der Waals surface area contributed by atoms with Gasteiger partial charge in [0.15, 0.2) is 0 Å². The summed E-state index contributed by atoms with van der Waals surface area (Å²) in [5.74, 6) is 0.650. The lowest BCUT2D eigenvalue weighted by Crippen LogP contribution is -2.41. The van der Waals surface area contributed by atoms with Crippen molar-refractivity contribution in [2.24, 2.45) is 0 Å². The van der Waals surface area contributed by atoms with E-state index in [0.717, 1.165) is 16.9 Å². The number of para-hydroxylation sites is 2. The van der Waals surface area contributed by atoms with Crippen molar-refractivity contribution < 1.29 is 14.3 Å². The highest BCUT2D eigenvalue weighted by atomic mass is 35.5. The number of aromatic amines is 1. The lowest BCUT2D eigenvalue weighted by molar-refractivity contribution is -0.129. The molecule has 0 aliphatic heterocycles. The van der Waals surface area contributed by atoms with E-state index in [9.17, 15) is 9.59 Å². The van der Waals surface area contributed by atoms with Gasteiger partial charge in [0.25, 0.3) is 0 Å². The highest BCUT2D eigenvalue weighted by Gasteiger charge is 2.08. The Hall–Kier alpha value is -2.77. The van der Waals surface area contributed by atoms with Crippen LogP contribution in [0.4, 0.5) is 0 Å². The predicted octanol–water partition coefficient (Wildman–Crippen LogP) is 3.81. The molecule has 3 N–H and O–H groups in total. The number of nitrogens with zero attached hydrogens (tertiary/aromatic N) is 1. The summed E-state index contributed by atoms with van der Waals surface area (Å²) in [7, 11) is 0. The molecule has 2 aromatic carbocycles. The Morgan fingerprint density at radius 3 is 2.55 bits per heavy atom. The number of nitrogens with one attached hydrogen (secondary N) is 3. The highest BCUT2D eigenvalue weighted by Crippen LogP contribution is 2.27. The molecule has 0 unspecified atom stereocenters. The number of halogens is 2.